The molecule has 126 valence electrons. The Kier molecular flexibility index (Phi) is 4.28. The van der Waals surface area contributed by atoms with E-state index in [1.807, 2.05) is 6.07 Å². The van der Waals surface area contributed by atoms with Crippen LogP contribution < -0.4 is 9.47 Å². The van der Waals surface area contributed by atoms with Crippen LogP contribution in [0.25, 0.3) is 0 Å². The number of likely N-dealkylation sites (tertiary alicyclic amines) is 1. The molecule has 2 aliphatic rings. The molecule has 4 heteroatoms. The van der Waals surface area contributed by atoms with Gasteiger partial charge in [-0.25, -0.2) is 0 Å². The van der Waals surface area contributed by atoms with Crippen molar-refractivity contribution >= 4 is 0 Å². The maximum absolute atomic E-state index is 10.3. The van der Waals surface area contributed by atoms with Gasteiger partial charge in [0.05, 0.1) is 20.3 Å². The molecule has 0 unspecified atom stereocenters. The summed E-state index contributed by atoms with van der Waals surface area (Å²) in [5, 5.41) is 10.3. The molecule has 3 atom stereocenters. The highest BCUT2D eigenvalue weighted by Gasteiger charge is 2.50. The van der Waals surface area contributed by atoms with E-state index >= 15 is 0 Å². The molecular weight excluding hydrogens is 290 g/mol. The molecule has 1 heterocycles. The monoisotopic (exact) mass is 317 g/mol. The molecule has 23 heavy (non-hydrogen) atoms. The van der Waals surface area contributed by atoms with Crippen LogP contribution in [0, 0.1) is 5.92 Å². The maximum atomic E-state index is 10.3. The van der Waals surface area contributed by atoms with Crippen LogP contribution in [0.4, 0.5) is 0 Å². The average molecular weight is 317 g/mol. The maximum Gasteiger partial charge on any atom is 0.161 e. The predicted molar refractivity (Wildman–Crippen MR) is 91.0 cm³/mol. The summed E-state index contributed by atoms with van der Waals surface area (Å²) >= 11 is 0. The van der Waals surface area contributed by atoms with E-state index in [9.17, 15) is 5.11 Å². The molecule has 1 aliphatic carbocycles. The highest BCUT2D eigenvalue weighted by molar-refractivity contribution is 5.50. The fraction of sp³-hybridized carbons (Fsp3) is 0.579. The molecule has 0 saturated carbocycles. The molecular formula is C19H27NO3. The largest absolute Gasteiger partial charge is 0.493 e. The minimum atomic E-state index is -0.344. The second-order valence-electron chi connectivity index (χ2n) is 6.67. The number of benzene rings is 1. The second-order valence-corrected chi connectivity index (χ2v) is 6.67. The van der Waals surface area contributed by atoms with Crippen LogP contribution in [0.15, 0.2) is 30.0 Å². The van der Waals surface area contributed by atoms with Crippen molar-refractivity contribution in [2.24, 2.45) is 5.92 Å². The summed E-state index contributed by atoms with van der Waals surface area (Å²) in [7, 11) is 5.47. The van der Waals surface area contributed by atoms with Crippen molar-refractivity contribution in [3.63, 3.8) is 0 Å². The molecule has 0 spiro atoms. The van der Waals surface area contributed by atoms with Crippen LogP contribution in [0.3, 0.4) is 0 Å². The molecule has 1 N–H and O–H groups in total. The first kappa shape index (κ1) is 16.2. The molecule has 1 aromatic carbocycles. The predicted octanol–water partition coefficient (Wildman–Crippen LogP) is 2.95. The number of rotatable bonds is 4. The lowest BCUT2D eigenvalue weighted by molar-refractivity contribution is 0.134. The number of likely N-dealkylation sites (N-methyl/N-ethyl adjacent to an activating group) is 1. The highest BCUT2D eigenvalue weighted by Crippen LogP contribution is 2.54. The summed E-state index contributed by atoms with van der Waals surface area (Å²) in [6.07, 6.45) is 4.66. The number of aliphatic hydroxyl groups is 1. The van der Waals surface area contributed by atoms with E-state index in [2.05, 4.69) is 37.1 Å². The van der Waals surface area contributed by atoms with Gasteiger partial charge in [0.2, 0.25) is 0 Å². The van der Waals surface area contributed by atoms with E-state index in [0.29, 0.717) is 5.92 Å². The van der Waals surface area contributed by atoms with Crippen LogP contribution in [0.5, 0.6) is 11.5 Å². The Morgan fingerprint density at radius 1 is 1.26 bits per heavy atom. The third-order valence-corrected chi connectivity index (χ3v) is 5.67. The third-order valence-electron chi connectivity index (χ3n) is 5.67. The Labute approximate surface area is 138 Å². The average Bonchev–Trinajstić information content (AvgIpc) is 2.91. The van der Waals surface area contributed by atoms with E-state index in [1.165, 1.54) is 11.3 Å². The van der Waals surface area contributed by atoms with E-state index in [0.717, 1.165) is 37.3 Å². The number of hydrogen-bond acceptors (Lipinski definition) is 4. The molecule has 1 fully saturated rings. The fourth-order valence-electron chi connectivity index (χ4n) is 4.52. The quantitative estimate of drug-likeness (QED) is 0.927. The Bertz CT molecular complexity index is 613. The second kappa shape index (κ2) is 6.08. The summed E-state index contributed by atoms with van der Waals surface area (Å²) in [6, 6.07) is 6.28. The smallest absolute Gasteiger partial charge is 0.161 e. The third kappa shape index (κ3) is 2.40. The molecule has 1 aliphatic heterocycles. The molecule has 1 aromatic rings. The molecule has 0 amide bonds. The number of hydrogen-bond donors (Lipinski definition) is 1. The van der Waals surface area contributed by atoms with Crippen molar-refractivity contribution in [2.45, 2.75) is 37.7 Å². The zero-order chi connectivity index (χ0) is 16.6. The standard InChI is InChI=1S/C19H27NO3/c1-5-13-10-15(21)12-18-19(13,8-9-20(18)2)14-6-7-16(22-3)17(11-14)23-4/h6-7,11-13,15,21H,5,8-10H2,1-4H3/t13-,15-,19-/m1/s1. The molecule has 1 saturated heterocycles. The van der Waals surface area contributed by atoms with Gasteiger partial charge in [-0.1, -0.05) is 19.4 Å². The first-order valence-corrected chi connectivity index (χ1v) is 8.40. The first-order chi connectivity index (χ1) is 11.1. The minimum absolute atomic E-state index is 0.0255. The summed E-state index contributed by atoms with van der Waals surface area (Å²) in [6.45, 7) is 3.24. The van der Waals surface area contributed by atoms with Gasteiger partial charge in [0.15, 0.2) is 11.5 Å². The molecule has 0 aromatic heterocycles. The lowest BCUT2D eigenvalue weighted by Gasteiger charge is -2.44. The van der Waals surface area contributed by atoms with Crippen molar-refractivity contribution in [3.8, 4) is 11.5 Å². The number of fused-ring (bicyclic) bond motifs is 1. The number of ether oxygens (including phenoxy) is 2. The lowest BCUT2D eigenvalue weighted by Crippen LogP contribution is -2.41. The van der Waals surface area contributed by atoms with Gasteiger partial charge in [0.25, 0.3) is 0 Å². The van der Waals surface area contributed by atoms with Gasteiger partial charge < -0.3 is 19.5 Å². The van der Waals surface area contributed by atoms with Crippen molar-refractivity contribution in [3.05, 3.63) is 35.5 Å². The Hall–Kier alpha value is -1.68. The van der Waals surface area contributed by atoms with Crippen LogP contribution in [0.2, 0.25) is 0 Å². The van der Waals surface area contributed by atoms with Gasteiger partial charge in [-0.2, -0.15) is 0 Å². The SMILES string of the molecule is CC[C@@H]1C[C@@H](O)C=C2N(C)CC[C@@]21c1ccc(OC)c(OC)c1. The van der Waals surface area contributed by atoms with Gasteiger partial charge in [-0.05, 0) is 42.5 Å². The number of allylic oxidation sites excluding steroid dienone is 1. The molecule has 3 rings (SSSR count). The van der Waals surface area contributed by atoms with Gasteiger partial charge >= 0.3 is 0 Å². The molecule has 4 nitrogen and oxygen atoms in total. The minimum Gasteiger partial charge on any atom is -0.493 e. The molecule has 0 bridgehead atoms. The van der Waals surface area contributed by atoms with Gasteiger partial charge in [0, 0.05) is 24.7 Å². The number of aliphatic hydroxyl groups excluding tert-OH is 1. The van der Waals surface area contributed by atoms with E-state index in [-0.39, 0.29) is 11.5 Å². The first-order valence-electron chi connectivity index (χ1n) is 8.40. The van der Waals surface area contributed by atoms with E-state index in [1.54, 1.807) is 14.2 Å². The zero-order valence-corrected chi connectivity index (χ0v) is 14.5. The lowest BCUT2D eigenvalue weighted by atomic mass is 9.62. The van der Waals surface area contributed by atoms with Crippen molar-refractivity contribution in [2.75, 3.05) is 27.8 Å². The molecule has 0 radical (unpaired) electrons. The zero-order valence-electron chi connectivity index (χ0n) is 14.5. The van der Waals surface area contributed by atoms with Crippen LogP contribution >= 0.6 is 0 Å². The normalized spacial score (nSPS) is 30.0. The Morgan fingerprint density at radius 2 is 2.00 bits per heavy atom. The van der Waals surface area contributed by atoms with Crippen LogP contribution in [-0.4, -0.2) is 43.9 Å². The van der Waals surface area contributed by atoms with Gasteiger partial charge in [0.1, 0.15) is 0 Å². The number of nitrogens with zero attached hydrogens (tertiary/aromatic N) is 1. The van der Waals surface area contributed by atoms with Crippen molar-refractivity contribution in [1.82, 2.24) is 4.90 Å². The van der Waals surface area contributed by atoms with E-state index < -0.39 is 0 Å². The Morgan fingerprint density at radius 3 is 2.65 bits per heavy atom. The van der Waals surface area contributed by atoms with Crippen molar-refractivity contribution < 1.29 is 14.6 Å². The van der Waals surface area contributed by atoms with Crippen LogP contribution in [0.1, 0.15) is 31.7 Å². The summed E-state index contributed by atoms with van der Waals surface area (Å²) in [5.74, 6) is 1.96. The van der Waals surface area contributed by atoms with Gasteiger partial charge in [-0.15, -0.1) is 0 Å². The van der Waals surface area contributed by atoms with Crippen LogP contribution in [-0.2, 0) is 5.41 Å². The Balaban J connectivity index is 2.15. The highest BCUT2D eigenvalue weighted by atomic mass is 16.5. The fourth-order valence-corrected chi connectivity index (χ4v) is 4.52. The van der Waals surface area contributed by atoms with Crippen molar-refractivity contribution in [1.29, 1.82) is 0 Å². The summed E-state index contributed by atoms with van der Waals surface area (Å²) in [4.78, 5) is 2.29. The van der Waals surface area contributed by atoms with Gasteiger partial charge in [-0.3, -0.25) is 0 Å². The summed E-state index contributed by atoms with van der Waals surface area (Å²) in [5.41, 5.74) is 2.50. The summed E-state index contributed by atoms with van der Waals surface area (Å²) < 4.78 is 10.9. The number of methoxy groups -OCH3 is 2. The topological polar surface area (TPSA) is 41.9 Å². The van der Waals surface area contributed by atoms with E-state index in [4.69, 9.17) is 9.47 Å².